The summed E-state index contributed by atoms with van der Waals surface area (Å²) in [5.74, 6) is -0.354. The van der Waals surface area contributed by atoms with Crippen molar-refractivity contribution < 1.29 is 9.72 Å². The number of pyridine rings is 1. The summed E-state index contributed by atoms with van der Waals surface area (Å²) in [6, 6.07) is 8.52. The molecule has 7 nitrogen and oxygen atoms in total. The number of carbonyl (C=O) groups is 1. The van der Waals surface area contributed by atoms with Crippen LogP contribution in [0.25, 0.3) is 17.5 Å². The lowest BCUT2D eigenvalue weighted by Gasteiger charge is -1.96. The monoisotopic (exact) mass is 358 g/mol. The molecule has 1 amide bonds. The Morgan fingerprint density at radius 3 is 2.83 bits per heavy atom. The third-order valence-corrected chi connectivity index (χ3v) is 4.61. The van der Waals surface area contributed by atoms with E-state index in [4.69, 9.17) is 0 Å². The third-order valence-electron chi connectivity index (χ3n) is 2.85. The van der Waals surface area contributed by atoms with Gasteiger partial charge in [0.1, 0.15) is 5.69 Å². The Morgan fingerprint density at radius 2 is 2.12 bits per heavy atom. The highest BCUT2D eigenvalue weighted by molar-refractivity contribution is 7.16. The van der Waals surface area contributed by atoms with Gasteiger partial charge in [0.2, 0.25) is 5.91 Å². The van der Waals surface area contributed by atoms with Crippen LogP contribution in [0.1, 0.15) is 4.88 Å². The fraction of sp³-hybridized carbons (Fsp3) is 0. The van der Waals surface area contributed by atoms with Crippen LogP contribution in [0.15, 0.2) is 48.0 Å². The summed E-state index contributed by atoms with van der Waals surface area (Å²) in [5.41, 5.74) is 1.42. The summed E-state index contributed by atoms with van der Waals surface area (Å²) < 4.78 is 0. The Kier molecular flexibility index (Phi) is 4.73. The second-order valence-corrected chi connectivity index (χ2v) is 6.46. The molecule has 0 unspecified atom stereocenters. The molecule has 0 spiro atoms. The highest BCUT2D eigenvalue weighted by Crippen LogP contribution is 2.25. The van der Waals surface area contributed by atoms with Crippen LogP contribution >= 0.6 is 22.7 Å². The van der Waals surface area contributed by atoms with E-state index in [1.165, 1.54) is 29.6 Å². The second kappa shape index (κ2) is 7.11. The number of anilines is 1. The van der Waals surface area contributed by atoms with Crippen LogP contribution in [0.3, 0.4) is 0 Å². The number of hydrogen-bond donors (Lipinski definition) is 1. The first-order chi connectivity index (χ1) is 11.6. The number of nitro groups is 1. The van der Waals surface area contributed by atoms with Gasteiger partial charge in [-0.3, -0.25) is 25.2 Å². The number of rotatable bonds is 5. The van der Waals surface area contributed by atoms with Crippen molar-refractivity contribution in [3.8, 4) is 11.4 Å². The van der Waals surface area contributed by atoms with Gasteiger partial charge < -0.3 is 0 Å². The highest BCUT2D eigenvalue weighted by Gasteiger charge is 2.09. The van der Waals surface area contributed by atoms with Crippen molar-refractivity contribution in [1.29, 1.82) is 0 Å². The normalized spacial score (nSPS) is 10.8. The molecule has 3 heterocycles. The molecule has 3 aromatic heterocycles. The summed E-state index contributed by atoms with van der Waals surface area (Å²) >= 11 is 2.30. The van der Waals surface area contributed by atoms with Crippen molar-refractivity contribution in [2.45, 2.75) is 0 Å². The van der Waals surface area contributed by atoms with Gasteiger partial charge in [0.05, 0.1) is 10.6 Å². The van der Waals surface area contributed by atoms with Gasteiger partial charge in [0, 0.05) is 28.6 Å². The van der Waals surface area contributed by atoms with Crippen molar-refractivity contribution >= 4 is 44.8 Å². The molecule has 120 valence electrons. The Bertz CT molecular complexity index is 902. The molecule has 9 heteroatoms. The fourth-order valence-corrected chi connectivity index (χ4v) is 3.23. The average Bonchev–Trinajstić information content (AvgIpc) is 3.23. The standard InChI is InChI=1S/C15H10N4O3S2/c20-13(6-4-10-5-7-14(24-10)19(21)22)18-15-17-12(9-23-15)11-3-1-2-8-16-11/h1-9H,(H,17,18,20). The smallest absolute Gasteiger partial charge is 0.298 e. The first-order valence-electron chi connectivity index (χ1n) is 6.72. The van der Waals surface area contributed by atoms with Gasteiger partial charge in [-0.2, -0.15) is 0 Å². The molecule has 0 aliphatic rings. The number of thiazole rings is 1. The summed E-state index contributed by atoms with van der Waals surface area (Å²) in [7, 11) is 0. The summed E-state index contributed by atoms with van der Waals surface area (Å²) in [6.45, 7) is 0. The third kappa shape index (κ3) is 3.89. The van der Waals surface area contributed by atoms with E-state index in [1.807, 2.05) is 23.6 Å². The maximum absolute atomic E-state index is 11.9. The molecule has 0 aromatic carbocycles. The van der Waals surface area contributed by atoms with Crippen LogP contribution in [0.4, 0.5) is 10.1 Å². The first-order valence-corrected chi connectivity index (χ1v) is 8.41. The van der Waals surface area contributed by atoms with E-state index >= 15 is 0 Å². The predicted molar refractivity (Wildman–Crippen MR) is 94.0 cm³/mol. The Hall–Kier alpha value is -2.91. The maximum Gasteiger partial charge on any atom is 0.324 e. The molecular weight excluding hydrogens is 348 g/mol. The number of hydrogen-bond acceptors (Lipinski definition) is 7. The van der Waals surface area contributed by atoms with Gasteiger partial charge in [0.15, 0.2) is 5.13 Å². The van der Waals surface area contributed by atoms with Gasteiger partial charge >= 0.3 is 5.00 Å². The van der Waals surface area contributed by atoms with Gasteiger partial charge in [-0.05, 0) is 24.3 Å². The lowest BCUT2D eigenvalue weighted by Crippen LogP contribution is -2.07. The van der Waals surface area contributed by atoms with E-state index in [0.717, 1.165) is 17.0 Å². The number of aromatic nitrogens is 2. The minimum Gasteiger partial charge on any atom is -0.298 e. The van der Waals surface area contributed by atoms with Crippen LogP contribution in [0.5, 0.6) is 0 Å². The van der Waals surface area contributed by atoms with Crippen LogP contribution in [0.2, 0.25) is 0 Å². The van der Waals surface area contributed by atoms with E-state index in [-0.39, 0.29) is 10.9 Å². The zero-order valence-corrected chi connectivity index (χ0v) is 13.7. The van der Waals surface area contributed by atoms with E-state index < -0.39 is 4.92 Å². The SMILES string of the molecule is O=C(C=Cc1ccc([N+](=O)[O-])s1)Nc1nc(-c2ccccn2)cs1. The minimum absolute atomic E-state index is 0.0370. The van der Waals surface area contributed by atoms with Crippen LogP contribution in [-0.4, -0.2) is 20.8 Å². The highest BCUT2D eigenvalue weighted by atomic mass is 32.1. The van der Waals surface area contributed by atoms with E-state index in [1.54, 1.807) is 12.3 Å². The molecule has 0 aliphatic heterocycles. The fourth-order valence-electron chi connectivity index (χ4n) is 1.80. The van der Waals surface area contributed by atoms with E-state index in [2.05, 4.69) is 15.3 Å². The molecular formula is C15H10N4O3S2. The molecule has 24 heavy (non-hydrogen) atoms. The topological polar surface area (TPSA) is 98.0 Å². The largest absolute Gasteiger partial charge is 0.324 e. The average molecular weight is 358 g/mol. The van der Waals surface area contributed by atoms with Gasteiger partial charge in [-0.25, -0.2) is 4.98 Å². The zero-order valence-electron chi connectivity index (χ0n) is 12.1. The number of nitrogens with zero attached hydrogens (tertiary/aromatic N) is 3. The lowest BCUT2D eigenvalue weighted by molar-refractivity contribution is -0.380. The van der Waals surface area contributed by atoms with Gasteiger partial charge in [0.25, 0.3) is 0 Å². The number of amides is 1. The predicted octanol–water partition coefficient (Wildman–Crippen LogP) is 3.83. The molecule has 0 bridgehead atoms. The molecule has 1 N–H and O–H groups in total. The Balaban J connectivity index is 1.63. The van der Waals surface area contributed by atoms with Gasteiger partial charge in [-0.15, -0.1) is 11.3 Å². The molecule has 0 radical (unpaired) electrons. The summed E-state index contributed by atoms with van der Waals surface area (Å²) in [4.78, 5) is 31.2. The first kappa shape index (κ1) is 16.0. The van der Waals surface area contributed by atoms with Crippen LogP contribution < -0.4 is 5.32 Å². The van der Waals surface area contributed by atoms with E-state index in [0.29, 0.717) is 15.7 Å². The van der Waals surface area contributed by atoms with Gasteiger partial charge in [-0.1, -0.05) is 17.4 Å². The summed E-state index contributed by atoms with van der Waals surface area (Å²) in [5, 5.41) is 15.6. The molecule has 0 atom stereocenters. The Morgan fingerprint density at radius 1 is 1.25 bits per heavy atom. The number of carbonyl (C=O) groups excluding carboxylic acids is 1. The molecule has 0 fully saturated rings. The zero-order chi connectivity index (χ0) is 16.9. The molecule has 3 rings (SSSR count). The minimum atomic E-state index is -0.462. The van der Waals surface area contributed by atoms with Crippen molar-refractivity contribution in [2.75, 3.05) is 5.32 Å². The second-order valence-electron chi connectivity index (χ2n) is 4.51. The lowest BCUT2D eigenvalue weighted by atomic mass is 10.3. The quantitative estimate of drug-likeness (QED) is 0.425. The molecule has 0 saturated carbocycles. The maximum atomic E-state index is 11.9. The van der Waals surface area contributed by atoms with E-state index in [9.17, 15) is 14.9 Å². The van der Waals surface area contributed by atoms with Crippen molar-refractivity contribution in [3.05, 3.63) is 63.0 Å². The molecule has 0 aliphatic carbocycles. The van der Waals surface area contributed by atoms with Crippen LogP contribution in [0, 0.1) is 10.1 Å². The number of thiophene rings is 1. The molecule has 3 aromatic rings. The van der Waals surface area contributed by atoms with Crippen molar-refractivity contribution in [3.63, 3.8) is 0 Å². The van der Waals surface area contributed by atoms with Crippen molar-refractivity contribution in [1.82, 2.24) is 9.97 Å². The van der Waals surface area contributed by atoms with Crippen LogP contribution in [-0.2, 0) is 4.79 Å². The van der Waals surface area contributed by atoms with Crippen molar-refractivity contribution in [2.24, 2.45) is 0 Å². The number of nitrogens with one attached hydrogen (secondary N) is 1. The molecule has 0 saturated heterocycles. The summed E-state index contributed by atoms with van der Waals surface area (Å²) in [6.07, 6.45) is 4.52. The Labute approximate surface area is 144 Å².